The lowest BCUT2D eigenvalue weighted by Crippen LogP contribution is -1.86. The fourth-order valence-corrected chi connectivity index (χ4v) is 7.78. The van der Waals surface area contributed by atoms with Crippen molar-refractivity contribution in [1.29, 1.82) is 0 Å². The number of hydrogen-bond donors (Lipinski definition) is 0. The smallest absolute Gasteiger partial charge is 0.120 e. The summed E-state index contributed by atoms with van der Waals surface area (Å²) in [6.45, 7) is 2.23. The third kappa shape index (κ3) is 2.83. The molecule has 0 heterocycles. The van der Waals surface area contributed by atoms with E-state index >= 15 is 0 Å². The molecule has 0 radical (unpaired) electrons. The minimum Gasteiger partial charge on any atom is -0.497 e. The lowest BCUT2D eigenvalue weighted by atomic mass is 9.92. The van der Waals surface area contributed by atoms with Crippen LogP contribution < -0.4 is 4.74 Å². The second kappa shape index (κ2) is 7.99. The number of fused-ring (bicyclic) bond motifs is 11. The summed E-state index contributed by atoms with van der Waals surface area (Å²) in [4.78, 5) is 0. The van der Waals surface area contributed by atoms with Crippen LogP contribution in [0.1, 0.15) is 13.0 Å². The normalized spacial score (nSPS) is 12.3. The van der Waals surface area contributed by atoms with Gasteiger partial charge >= 0.3 is 0 Å². The van der Waals surface area contributed by atoms with Gasteiger partial charge in [-0.15, -0.1) is 0 Å². The predicted octanol–water partition coefficient (Wildman–Crippen LogP) is 11.9. The molecule has 0 bridgehead atoms. The molecule has 0 aliphatic carbocycles. The summed E-state index contributed by atoms with van der Waals surface area (Å²) in [6.07, 6.45) is 0. The lowest BCUT2D eigenvalue weighted by molar-refractivity contribution is 0.416. The van der Waals surface area contributed by atoms with Crippen molar-refractivity contribution in [3.05, 3.63) is 115 Å². The van der Waals surface area contributed by atoms with E-state index in [2.05, 4.69) is 116 Å². The van der Waals surface area contributed by atoms with Gasteiger partial charge in [0.25, 0.3) is 0 Å². The van der Waals surface area contributed by atoms with Crippen molar-refractivity contribution in [1.82, 2.24) is 0 Å². The van der Waals surface area contributed by atoms with Crippen molar-refractivity contribution in [2.45, 2.75) is 14.4 Å². The quantitative estimate of drug-likeness (QED) is 0.190. The van der Waals surface area contributed by atoms with Crippen LogP contribution in [0.15, 0.2) is 109 Å². The van der Waals surface area contributed by atoms with Crippen molar-refractivity contribution >= 4 is 97.0 Å². The summed E-state index contributed by atoms with van der Waals surface area (Å²) < 4.78 is 5.92. The van der Waals surface area contributed by atoms with Crippen molar-refractivity contribution in [3.63, 3.8) is 0 Å². The molecule has 198 valence electrons. The molecule has 0 atom stereocenters. The first kappa shape index (κ1) is 23.6. The topological polar surface area (TPSA) is 9.23 Å². The van der Waals surface area contributed by atoms with E-state index in [0.717, 1.165) is 5.75 Å². The SMILES string of the molecule is C.COc1cc2c3cc4ccccc4cc3c3cc4c(cc5c6cc7ccccc7cc6c6cc(C)cc4c65)c(c1)c23. The van der Waals surface area contributed by atoms with Crippen molar-refractivity contribution in [2.24, 2.45) is 0 Å². The van der Waals surface area contributed by atoms with Crippen molar-refractivity contribution < 1.29 is 4.74 Å². The standard InChI is InChI=1S/C40H24O.CH4/c1-21-11-33-27-13-22-7-3-5-9-24(22)15-29(27)37-20-32-31(34(12-21)39(33)37)19-38-30-16-25-10-6-4-8-23(25)14-28(30)35-17-26(41-2)18-36(32)40(35)38;/h3-20H,1-2H3;1H4. The van der Waals surface area contributed by atoms with Crippen LogP contribution in [0.3, 0.4) is 0 Å². The summed E-state index contributed by atoms with van der Waals surface area (Å²) in [5, 5.41) is 23.6. The van der Waals surface area contributed by atoms with Crippen LogP contribution in [0, 0.1) is 6.92 Å². The van der Waals surface area contributed by atoms with E-state index in [0.29, 0.717) is 0 Å². The number of methoxy groups -OCH3 is 1. The molecule has 0 N–H and O–H groups in total. The lowest BCUT2D eigenvalue weighted by Gasteiger charge is -2.12. The van der Waals surface area contributed by atoms with E-state index < -0.39 is 0 Å². The Kier molecular flexibility index (Phi) is 4.48. The average molecular weight is 537 g/mol. The molecule has 0 unspecified atom stereocenters. The van der Waals surface area contributed by atoms with Crippen LogP contribution in [0.4, 0.5) is 0 Å². The zero-order valence-electron chi connectivity index (χ0n) is 22.8. The van der Waals surface area contributed by atoms with Gasteiger partial charge in [-0.25, -0.2) is 0 Å². The first-order valence-corrected chi connectivity index (χ1v) is 14.3. The maximum atomic E-state index is 5.92. The first-order valence-electron chi connectivity index (χ1n) is 14.3. The van der Waals surface area contributed by atoms with Gasteiger partial charge in [-0.1, -0.05) is 68.1 Å². The van der Waals surface area contributed by atoms with E-state index in [9.17, 15) is 0 Å². The molecule has 1 heteroatoms. The van der Waals surface area contributed by atoms with E-state index in [-0.39, 0.29) is 7.43 Å². The maximum absolute atomic E-state index is 5.92. The molecule has 10 aromatic carbocycles. The third-order valence-corrected chi connectivity index (χ3v) is 9.55. The summed E-state index contributed by atoms with van der Waals surface area (Å²) in [7, 11) is 1.78. The van der Waals surface area contributed by atoms with E-state index in [4.69, 9.17) is 4.74 Å². The van der Waals surface area contributed by atoms with Gasteiger partial charge in [0, 0.05) is 0 Å². The highest BCUT2D eigenvalue weighted by molar-refractivity contribution is 6.42. The molecule has 0 saturated carbocycles. The molecule has 10 aromatic rings. The second-order valence-corrected chi connectivity index (χ2v) is 11.8. The van der Waals surface area contributed by atoms with E-state index in [1.165, 1.54) is 103 Å². The molecule has 0 amide bonds. The molecular formula is C41H28O. The summed E-state index contributed by atoms with van der Waals surface area (Å²) in [6, 6.07) is 41.1. The highest BCUT2D eigenvalue weighted by atomic mass is 16.5. The van der Waals surface area contributed by atoms with E-state index in [1.807, 2.05) is 0 Å². The van der Waals surface area contributed by atoms with Gasteiger partial charge in [-0.3, -0.25) is 0 Å². The number of ether oxygens (including phenoxy) is 1. The summed E-state index contributed by atoms with van der Waals surface area (Å²) in [5.41, 5.74) is 1.29. The number of aryl methyl sites for hydroxylation is 1. The molecule has 0 aliphatic rings. The summed E-state index contributed by atoms with van der Waals surface area (Å²) >= 11 is 0. The van der Waals surface area contributed by atoms with Gasteiger partial charge in [-0.2, -0.15) is 0 Å². The Morgan fingerprint density at radius 1 is 0.381 bits per heavy atom. The Bertz CT molecular complexity index is 2730. The Morgan fingerprint density at radius 3 is 1.05 bits per heavy atom. The zero-order valence-corrected chi connectivity index (χ0v) is 22.8. The van der Waals surface area contributed by atoms with Gasteiger partial charge in [0.2, 0.25) is 0 Å². The Balaban J connectivity index is 0.00000250. The van der Waals surface area contributed by atoms with Gasteiger partial charge in [0.15, 0.2) is 0 Å². The first-order chi connectivity index (χ1) is 20.2. The van der Waals surface area contributed by atoms with Crippen molar-refractivity contribution in [2.75, 3.05) is 7.11 Å². The highest BCUT2D eigenvalue weighted by Gasteiger charge is 2.21. The molecule has 0 aliphatic heterocycles. The molecule has 1 nitrogen and oxygen atoms in total. The minimum absolute atomic E-state index is 0. The largest absolute Gasteiger partial charge is 0.497 e. The van der Waals surface area contributed by atoms with Gasteiger partial charge in [0.1, 0.15) is 5.75 Å². The average Bonchev–Trinajstić information content (AvgIpc) is 3.47. The van der Waals surface area contributed by atoms with Gasteiger partial charge < -0.3 is 4.74 Å². The van der Waals surface area contributed by atoms with Crippen LogP contribution in [0.5, 0.6) is 5.75 Å². The van der Waals surface area contributed by atoms with Crippen LogP contribution in [-0.4, -0.2) is 7.11 Å². The Hall–Kier alpha value is -5.14. The fraction of sp³-hybridized carbons (Fsp3) is 0.0732. The molecule has 42 heavy (non-hydrogen) atoms. The Labute approximate surface area is 243 Å². The van der Waals surface area contributed by atoms with Crippen molar-refractivity contribution in [3.8, 4) is 5.75 Å². The fourth-order valence-electron chi connectivity index (χ4n) is 7.78. The molecule has 0 fully saturated rings. The van der Waals surface area contributed by atoms with Gasteiger partial charge in [-0.05, 0) is 158 Å². The van der Waals surface area contributed by atoms with Crippen LogP contribution in [0.25, 0.3) is 97.0 Å². The molecule has 10 rings (SSSR count). The second-order valence-electron chi connectivity index (χ2n) is 11.8. The number of benzene rings is 8. The monoisotopic (exact) mass is 536 g/mol. The van der Waals surface area contributed by atoms with Gasteiger partial charge in [0.05, 0.1) is 7.11 Å². The third-order valence-electron chi connectivity index (χ3n) is 9.55. The zero-order chi connectivity index (χ0) is 27.0. The number of rotatable bonds is 1. The molecule has 0 spiro atoms. The predicted molar refractivity (Wildman–Crippen MR) is 184 cm³/mol. The van der Waals surface area contributed by atoms with Crippen LogP contribution in [-0.2, 0) is 0 Å². The molecular weight excluding hydrogens is 508 g/mol. The maximum Gasteiger partial charge on any atom is 0.120 e. The molecule has 0 saturated heterocycles. The van der Waals surface area contributed by atoms with E-state index in [1.54, 1.807) is 7.11 Å². The highest BCUT2D eigenvalue weighted by Crippen LogP contribution is 2.49. The Morgan fingerprint density at radius 2 is 0.690 bits per heavy atom. The number of hydrogen-bond acceptors (Lipinski definition) is 1. The molecule has 0 aromatic heterocycles. The minimum atomic E-state index is 0. The van der Waals surface area contributed by atoms with Crippen LogP contribution in [0.2, 0.25) is 0 Å². The van der Waals surface area contributed by atoms with Crippen LogP contribution >= 0.6 is 0 Å². The summed E-state index contributed by atoms with van der Waals surface area (Å²) in [5.74, 6) is 0.903.